The summed E-state index contributed by atoms with van der Waals surface area (Å²) >= 11 is 0. The van der Waals surface area contributed by atoms with Gasteiger partial charge < -0.3 is 28.8 Å². The molecule has 0 aliphatic heterocycles. The van der Waals surface area contributed by atoms with Gasteiger partial charge >= 0.3 is 5.97 Å². The number of aliphatic hydroxyl groups excluding tert-OH is 1. The Labute approximate surface area is 288 Å². The van der Waals surface area contributed by atoms with E-state index in [-0.39, 0.29) is 35.1 Å². The van der Waals surface area contributed by atoms with E-state index in [1.165, 1.54) is 7.11 Å². The van der Waals surface area contributed by atoms with Gasteiger partial charge in [-0.15, -0.1) is 0 Å². The van der Waals surface area contributed by atoms with Crippen molar-refractivity contribution in [3.8, 4) is 11.5 Å². The molecule has 4 fully saturated rings. The molecule has 4 aliphatic carbocycles. The predicted molar refractivity (Wildman–Crippen MR) is 186 cm³/mol. The molecule has 0 unspecified atom stereocenters. The number of rotatable bonds is 12. The van der Waals surface area contributed by atoms with Crippen LogP contribution in [-0.2, 0) is 32.2 Å². The van der Waals surface area contributed by atoms with Gasteiger partial charge in [0.15, 0.2) is 0 Å². The normalized spacial score (nSPS) is 36.3. The largest absolute Gasteiger partial charge is 0.497 e. The van der Waals surface area contributed by atoms with Crippen LogP contribution in [0.5, 0.6) is 11.5 Å². The summed E-state index contributed by atoms with van der Waals surface area (Å²) in [5.74, 6) is 4.13. The van der Waals surface area contributed by atoms with Crippen molar-refractivity contribution in [2.75, 3.05) is 21.3 Å². The monoisotopic (exact) mass is 662 g/mol. The molecule has 48 heavy (non-hydrogen) atoms. The third kappa shape index (κ3) is 6.76. The van der Waals surface area contributed by atoms with Crippen molar-refractivity contribution in [2.45, 2.75) is 110 Å². The second-order valence-electron chi connectivity index (χ2n) is 15.9. The topological polar surface area (TPSA) is 83.5 Å². The zero-order valence-electron chi connectivity index (χ0n) is 30.0. The minimum atomic E-state index is -0.232. The van der Waals surface area contributed by atoms with E-state index < -0.39 is 0 Å². The fourth-order valence-electron chi connectivity index (χ4n) is 11.0. The number of aliphatic hydroxyl groups is 1. The van der Waals surface area contributed by atoms with E-state index in [9.17, 15) is 9.90 Å². The number of esters is 1. The second kappa shape index (κ2) is 14.7. The number of methoxy groups -OCH3 is 3. The van der Waals surface area contributed by atoms with Gasteiger partial charge in [-0.05, 0) is 128 Å². The van der Waals surface area contributed by atoms with Crippen LogP contribution < -0.4 is 9.47 Å². The third-order valence-corrected chi connectivity index (χ3v) is 13.7. The molecule has 1 N–H and O–H groups in total. The highest BCUT2D eigenvalue weighted by Crippen LogP contribution is 2.69. The minimum absolute atomic E-state index is 0.0533. The maximum atomic E-state index is 12.2. The first-order chi connectivity index (χ1) is 23.1. The van der Waals surface area contributed by atoms with E-state index in [0.717, 1.165) is 74.0 Å². The molecule has 264 valence electrons. The van der Waals surface area contributed by atoms with Crippen molar-refractivity contribution >= 4 is 5.97 Å². The Hall–Kier alpha value is -2.61. The molecule has 2 aromatic rings. The Morgan fingerprint density at radius 3 is 2.06 bits per heavy atom. The lowest BCUT2D eigenvalue weighted by atomic mass is 9.43. The molecule has 7 heteroatoms. The van der Waals surface area contributed by atoms with Crippen LogP contribution in [0.15, 0.2) is 48.5 Å². The van der Waals surface area contributed by atoms with Crippen molar-refractivity contribution in [1.29, 1.82) is 0 Å². The number of hydrogen-bond acceptors (Lipinski definition) is 7. The number of ether oxygens (including phenoxy) is 5. The van der Waals surface area contributed by atoms with E-state index >= 15 is 0 Å². The Morgan fingerprint density at radius 2 is 1.46 bits per heavy atom. The molecule has 0 amide bonds. The van der Waals surface area contributed by atoms with Gasteiger partial charge in [0.1, 0.15) is 11.5 Å². The molecule has 0 heterocycles. The predicted octanol–water partition coefficient (Wildman–Crippen LogP) is 8.00. The minimum Gasteiger partial charge on any atom is -0.497 e. The zero-order chi connectivity index (χ0) is 34.1. The van der Waals surface area contributed by atoms with Crippen LogP contribution in [0.4, 0.5) is 0 Å². The van der Waals surface area contributed by atoms with Crippen LogP contribution >= 0.6 is 0 Å². The highest BCUT2D eigenvalue weighted by molar-refractivity contribution is 5.69. The van der Waals surface area contributed by atoms with Crippen LogP contribution in [0, 0.1) is 46.3 Å². The summed E-state index contributed by atoms with van der Waals surface area (Å²) in [6, 6.07) is 16.5. The molecule has 11 atom stereocenters. The molecule has 0 bridgehead atoms. The van der Waals surface area contributed by atoms with Gasteiger partial charge in [0.2, 0.25) is 0 Å². The van der Waals surface area contributed by atoms with Gasteiger partial charge in [-0.25, -0.2) is 0 Å². The van der Waals surface area contributed by atoms with E-state index in [1.54, 1.807) is 14.2 Å². The smallest absolute Gasteiger partial charge is 0.305 e. The molecule has 0 saturated heterocycles. The van der Waals surface area contributed by atoms with Crippen molar-refractivity contribution in [1.82, 2.24) is 0 Å². The van der Waals surface area contributed by atoms with Crippen LogP contribution in [0.25, 0.3) is 0 Å². The van der Waals surface area contributed by atoms with E-state index in [0.29, 0.717) is 55.1 Å². The molecular weight excluding hydrogens is 604 g/mol. The first-order valence-electron chi connectivity index (χ1n) is 18.3. The van der Waals surface area contributed by atoms with Gasteiger partial charge in [0.25, 0.3) is 0 Å². The Morgan fingerprint density at radius 1 is 0.833 bits per heavy atom. The van der Waals surface area contributed by atoms with Crippen molar-refractivity contribution in [3.05, 3.63) is 59.7 Å². The number of fused-ring (bicyclic) bond motifs is 5. The highest BCUT2D eigenvalue weighted by Gasteiger charge is 2.66. The molecule has 7 nitrogen and oxygen atoms in total. The average molecular weight is 663 g/mol. The molecule has 6 rings (SSSR count). The maximum absolute atomic E-state index is 12.2. The average Bonchev–Trinajstić information content (AvgIpc) is 3.47. The molecule has 2 aromatic carbocycles. The molecule has 4 aliphatic rings. The first-order valence-corrected chi connectivity index (χ1v) is 18.3. The van der Waals surface area contributed by atoms with Gasteiger partial charge in [-0.3, -0.25) is 4.79 Å². The van der Waals surface area contributed by atoms with Crippen LogP contribution in [0.3, 0.4) is 0 Å². The highest BCUT2D eigenvalue weighted by atomic mass is 16.5. The van der Waals surface area contributed by atoms with Crippen molar-refractivity contribution in [2.24, 2.45) is 46.3 Å². The number of hydrogen-bond donors (Lipinski definition) is 1. The fraction of sp³-hybridized carbons (Fsp3) is 0.683. The van der Waals surface area contributed by atoms with Gasteiger partial charge in [-0.1, -0.05) is 45.0 Å². The molecule has 4 saturated carbocycles. The van der Waals surface area contributed by atoms with Gasteiger partial charge in [-0.2, -0.15) is 0 Å². The Kier molecular flexibility index (Phi) is 10.8. The summed E-state index contributed by atoms with van der Waals surface area (Å²) in [6.07, 6.45) is 8.33. The number of carbonyl (C=O) groups is 1. The Bertz CT molecular complexity index is 1360. The van der Waals surface area contributed by atoms with Gasteiger partial charge in [0, 0.05) is 11.8 Å². The van der Waals surface area contributed by atoms with Crippen LogP contribution in [0.2, 0.25) is 0 Å². The number of carbonyl (C=O) groups excluding carboxylic acids is 1. The first kappa shape index (κ1) is 35.2. The van der Waals surface area contributed by atoms with E-state index in [4.69, 9.17) is 23.7 Å². The summed E-state index contributed by atoms with van der Waals surface area (Å²) in [5.41, 5.74) is 2.40. The third-order valence-electron chi connectivity index (χ3n) is 13.7. The summed E-state index contributed by atoms with van der Waals surface area (Å²) < 4.78 is 30.0. The van der Waals surface area contributed by atoms with Crippen molar-refractivity contribution in [3.63, 3.8) is 0 Å². The lowest BCUT2D eigenvalue weighted by Gasteiger charge is -2.64. The quantitative estimate of drug-likeness (QED) is 0.231. The molecule has 0 spiro atoms. The summed E-state index contributed by atoms with van der Waals surface area (Å²) in [7, 11) is 4.88. The molecule has 0 aromatic heterocycles. The maximum Gasteiger partial charge on any atom is 0.305 e. The van der Waals surface area contributed by atoms with Crippen molar-refractivity contribution < 1.29 is 33.6 Å². The molecular formula is C41H58O7. The van der Waals surface area contributed by atoms with Crippen LogP contribution in [0.1, 0.15) is 89.7 Å². The second-order valence-corrected chi connectivity index (χ2v) is 15.9. The zero-order valence-corrected chi connectivity index (χ0v) is 30.0. The standard InChI is InChI=1S/C41H58O7/c1-26(7-18-38(43)46-6)33-16-17-34-39-35(23-37(41(33,34)3)48-25-28-10-14-32(45-5)15-11-28)40(2)20-19-30(42)21-29(40)22-36(39)47-24-27-8-12-31(44-4)13-9-27/h8-15,26,29-30,33-37,39,42H,7,16-25H2,1-6H3/t26-,29+,30-,33-,34+,35+,36-,37+,39+,40+,41-/m1/s1. The summed E-state index contributed by atoms with van der Waals surface area (Å²) in [5, 5.41) is 10.9. The van der Waals surface area contributed by atoms with Gasteiger partial charge in [0.05, 0.1) is 52.9 Å². The van der Waals surface area contributed by atoms with E-state index in [2.05, 4.69) is 45.0 Å². The lowest BCUT2D eigenvalue weighted by molar-refractivity contribution is -0.229. The number of benzene rings is 2. The summed E-state index contributed by atoms with van der Waals surface area (Å²) in [6.45, 7) is 8.51. The fourth-order valence-corrected chi connectivity index (χ4v) is 11.0. The van der Waals surface area contributed by atoms with E-state index in [1.807, 2.05) is 24.3 Å². The summed E-state index contributed by atoms with van der Waals surface area (Å²) in [4.78, 5) is 12.2. The SMILES string of the molecule is COC(=O)CC[C@@H](C)[C@H]1CC[C@H]2[C@@H]3[C@H](OCc4ccc(OC)cc4)C[C@@H]4C[C@H](O)CC[C@]4(C)[C@H]3C[C@H](OCc3ccc(OC)cc3)[C@]12C. The van der Waals surface area contributed by atoms with Crippen LogP contribution in [-0.4, -0.2) is 50.7 Å². The molecule has 0 radical (unpaired) electrons. The lowest BCUT2D eigenvalue weighted by Crippen LogP contribution is -2.63. The Balaban J connectivity index is 1.33.